The quantitative estimate of drug-likeness (QED) is 0.602. The molecule has 10 nitrogen and oxygen atoms in total. The van der Waals surface area contributed by atoms with E-state index in [0.29, 0.717) is 17.2 Å². The molecule has 0 aromatic heterocycles. The van der Waals surface area contributed by atoms with Gasteiger partial charge in [-0.15, -0.1) is 0 Å². The van der Waals surface area contributed by atoms with Crippen molar-refractivity contribution < 1.29 is 14.4 Å². The molecule has 2 N–H and O–H groups in total. The topological polar surface area (TPSA) is 114 Å². The predicted octanol–water partition coefficient (Wildman–Crippen LogP) is 1.74. The van der Waals surface area contributed by atoms with Crippen LogP contribution in [0.1, 0.15) is 23.6 Å². The minimum absolute atomic E-state index is 0.0327. The fraction of sp³-hybridized carbons (Fsp3) is 0.263. The van der Waals surface area contributed by atoms with Crippen LogP contribution in [-0.4, -0.2) is 41.1 Å². The normalized spacial score (nSPS) is 22.0. The Hall–Kier alpha value is -3.66. The highest BCUT2D eigenvalue weighted by molar-refractivity contribution is 6.14. The summed E-state index contributed by atoms with van der Waals surface area (Å²) in [5.41, 5.74) is 9.41. The van der Waals surface area contributed by atoms with Gasteiger partial charge in [-0.3, -0.25) is 15.1 Å². The first-order valence-electron chi connectivity index (χ1n) is 9.17. The lowest BCUT2D eigenvalue weighted by atomic mass is 9.94. The van der Waals surface area contributed by atoms with Gasteiger partial charge in [-0.2, -0.15) is 10.5 Å². The van der Waals surface area contributed by atoms with Gasteiger partial charge in [0, 0.05) is 23.3 Å². The van der Waals surface area contributed by atoms with Crippen LogP contribution >= 0.6 is 0 Å². The highest BCUT2D eigenvalue weighted by Gasteiger charge is 2.31. The smallest absolute Gasteiger partial charge is 0.269 e. The molecule has 5 rings (SSSR count). The number of nitro benzene ring substituents is 1. The number of hydrazine groups is 1. The van der Waals surface area contributed by atoms with Crippen LogP contribution in [0, 0.1) is 10.1 Å². The molecule has 29 heavy (non-hydrogen) atoms. The highest BCUT2D eigenvalue weighted by Crippen LogP contribution is 2.38. The van der Waals surface area contributed by atoms with Crippen LogP contribution in [0.4, 0.5) is 5.69 Å². The molecule has 2 aromatic carbocycles. The molecule has 148 valence electrons. The molecular weight excluding hydrogens is 376 g/mol. The van der Waals surface area contributed by atoms with Crippen molar-refractivity contribution in [1.82, 2.24) is 15.9 Å². The maximum atomic E-state index is 11.0. The van der Waals surface area contributed by atoms with E-state index in [2.05, 4.69) is 22.8 Å². The fourth-order valence-corrected chi connectivity index (χ4v) is 3.69. The Labute approximate surface area is 165 Å². The van der Waals surface area contributed by atoms with Gasteiger partial charge in [-0.05, 0) is 43.2 Å². The molecule has 0 radical (unpaired) electrons. The largest absolute Gasteiger partial charge is 0.454 e. The van der Waals surface area contributed by atoms with Crippen molar-refractivity contribution in [2.24, 2.45) is 10.1 Å². The van der Waals surface area contributed by atoms with Crippen LogP contribution in [-0.2, 0) is 6.42 Å². The summed E-state index contributed by atoms with van der Waals surface area (Å²) >= 11 is 0. The summed E-state index contributed by atoms with van der Waals surface area (Å²) in [7, 11) is 0. The zero-order valence-corrected chi connectivity index (χ0v) is 15.5. The van der Waals surface area contributed by atoms with E-state index in [1.165, 1.54) is 12.1 Å². The number of nitrogens with one attached hydrogen (secondary N) is 2. The summed E-state index contributed by atoms with van der Waals surface area (Å²) in [4.78, 5) is 15.0. The number of hydrogen-bond donors (Lipinski definition) is 2. The predicted molar refractivity (Wildman–Crippen MR) is 105 cm³/mol. The average Bonchev–Trinajstić information content (AvgIpc) is 3.38. The summed E-state index contributed by atoms with van der Waals surface area (Å²) < 4.78 is 11.1. The minimum Gasteiger partial charge on any atom is -0.454 e. The molecule has 0 amide bonds. The first kappa shape index (κ1) is 17.4. The van der Waals surface area contributed by atoms with E-state index in [0.717, 1.165) is 23.1 Å². The molecule has 3 heterocycles. The summed E-state index contributed by atoms with van der Waals surface area (Å²) in [6.45, 7) is 2.27. The molecule has 0 aliphatic carbocycles. The van der Waals surface area contributed by atoms with Crippen LogP contribution in [0.3, 0.4) is 0 Å². The Morgan fingerprint density at radius 3 is 2.66 bits per heavy atom. The second-order valence-corrected chi connectivity index (χ2v) is 6.99. The molecule has 2 aromatic rings. The Bertz CT molecular complexity index is 1040. The van der Waals surface area contributed by atoms with Gasteiger partial charge < -0.3 is 14.9 Å². The van der Waals surface area contributed by atoms with Gasteiger partial charge >= 0.3 is 0 Å². The Morgan fingerprint density at radius 1 is 1.21 bits per heavy atom. The molecule has 10 heteroatoms. The number of benzene rings is 2. The maximum absolute atomic E-state index is 11.0. The first-order valence-corrected chi connectivity index (χ1v) is 9.17. The molecular formula is C19H18N6O4. The Balaban J connectivity index is 1.65. The van der Waals surface area contributed by atoms with Gasteiger partial charge in [0.2, 0.25) is 13.1 Å². The third-order valence-electron chi connectivity index (χ3n) is 5.13. The van der Waals surface area contributed by atoms with Crippen LogP contribution < -0.4 is 20.3 Å². The van der Waals surface area contributed by atoms with E-state index in [9.17, 15) is 10.1 Å². The van der Waals surface area contributed by atoms with Crippen molar-refractivity contribution in [2.45, 2.75) is 25.7 Å². The number of hydrogen-bond acceptors (Lipinski definition) is 9. The van der Waals surface area contributed by atoms with Crippen molar-refractivity contribution in [1.29, 1.82) is 0 Å². The number of aliphatic imine (C=N–C) groups is 1. The van der Waals surface area contributed by atoms with Crippen molar-refractivity contribution in [3.63, 3.8) is 0 Å². The lowest BCUT2D eigenvalue weighted by Crippen LogP contribution is -2.47. The van der Waals surface area contributed by atoms with E-state index >= 15 is 0 Å². The zero-order chi connectivity index (χ0) is 20.0. The summed E-state index contributed by atoms with van der Waals surface area (Å²) in [5, 5.41) is 17.9. The number of nitrogens with zero attached hydrogens (tertiary/aromatic N) is 4. The molecule has 0 saturated carbocycles. The number of non-ortho nitro benzene ring substituents is 1. The standard InChI is InChI=1S/C19H18N6O4/c1-11-6-13-7-16-17(29-10-28-16)8-15(13)18(23-24(11)19-20-9-21-22-19)12-2-4-14(5-3-12)25(26)27/h2-5,7-9,11,19,22H,6,10H2,1H3,(H,20,21). The van der Waals surface area contributed by atoms with Gasteiger partial charge in [0.1, 0.15) is 6.34 Å². The molecule has 0 saturated heterocycles. The average molecular weight is 394 g/mol. The fourth-order valence-electron chi connectivity index (χ4n) is 3.69. The van der Waals surface area contributed by atoms with E-state index in [1.54, 1.807) is 18.5 Å². The van der Waals surface area contributed by atoms with Crippen LogP contribution in [0.15, 0.2) is 46.5 Å². The second kappa shape index (κ2) is 6.74. The lowest BCUT2D eigenvalue weighted by molar-refractivity contribution is -0.384. The van der Waals surface area contributed by atoms with Crippen molar-refractivity contribution in [3.05, 3.63) is 63.2 Å². The molecule has 3 aliphatic heterocycles. The molecule has 0 fully saturated rings. The third-order valence-corrected chi connectivity index (χ3v) is 5.13. The van der Waals surface area contributed by atoms with E-state index in [1.807, 2.05) is 17.1 Å². The summed E-state index contributed by atoms with van der Waals surface area (Å²) in [6, 6.07) is 10.3. The van der Waals surface area contributed by atoms with Crippen LogP contribution in [0.25, 0.3) is 0 Å². The third kappa shape index (κ3) is 3.03. The number of nitro groups is 1. The summed E-state index contributed by atoms with van der Waals surface area (Å²) in [6.07, 6.45) is 1.96. The molecule has 0 spiro atoms. The molecule has 0 bridgehead atoms. The summed E-state index contributed by atoms with van der Waals surface area (Å²) in [5.74, 6) is 1.38. The number of rotatable bonds is 3. The minimum atomic E-state index is -0.415. The van der Waals surface area contributed by atoms with Crippen molar-refractivity contribution >= 4 is 17.7 Å². The van der Waals surface area contributed by atoms with Gasteiger partial charge in [0.15, 0.2) is 11.5 Å². The van der Waals surface area contributed by atoms with Gasteiger partial charge in [0.25, 0.3) is 5.69 Å². The van der Waals surface area contributed by atoms with Crippen molar-refractivity contribution in [3.8, 4) is 11.5 Å². The van der Waals surface area contributed by atoms with E-state index in [4.69, 9.17) is 14.6 Å². The van der Waals surface area contributed by atoms with Gasteiger partial charge in [-0.25, -0.2) is 4.99 Å². The number of hydrazone groups is 1. The maximum Gasteiger partial charge on any atom is 0.269 e. The van der Waals surface area contributed by atoms with Crippen molar-refractivity contribution in [2.75, 3.05) is 6.79 Å². The second-order valence-electron chi connectivity index (χ2n) is 6.99. The molecule has 2 unspecified atom stereocenters. The molecule has 3 aliphatic rings. The SMILES string of the molecule is CC1Cc2cc3c(cc2C(c2ccc([N+](=O)[O-])cc2)=NN1C1N=CNN1)OCO3. The van der Waals surface area contributed by atoms with Gasteiger partial charge in [0.05, 0.1) is 16.7 Å². The monoisotopic (exact) mass is 394 g/mol. The lowest BCUT2D eigenvalue weighted by Gasteiger charge is -2.28. The molecule has 2 atom stereocenters. The first-order chi connectivity index (χ1) is 14.1. The van der Waals surface area contributed by atoms with E-state index in [-0.39, 0.29) is 24.8 Å². The Kier molecular flexibility index (Phi) is 4.06. The highest BCUT2D eigenvalue weighted by atomic mass is 16.7. The number of fused-ring (bicyclic) bond motifs is 2. The van der Waals surface area contributed by atoms with Crippen LogP contribution in [0.2, 0.25) is 0 Å². The van der Waals surface area contributed by atoms with Gasteiger partial charge in [-0.1, -0.05) is 0 Å². The van der Waals surface area contributed by atoms with E-state index < -0.39 is 4.92 Å². The Morgan fingerprint density at radius 2 is 1.97 bits per heavy atom. The zero-order valence-electron chi connectivity index (χ0n) is 15.5. The van der Waals surface area contributed by atoms with Crippen LogP contribution in [0.5, 0.6) is 11.5 Å². The number of ether oxygens (including phenoxy) is 2.